The Kier molecular flexibility index (Phi) is 6.35. The zero-order valence-electron chi connectivity index (χ0n) is 19.9. The fourth-order valence-corrected chi connectivity index (χ4v) is 4.06. The maximum Gasteiger partial charge on any atom is 0.257 e. The van der Waals surface area contributed by atoms with Crippen LogP contribution < -0.4 is 28.7 Å². The molecule has 0 fully saturated rings. The molecule has 0 atom stereocenters. The average Bonchev–Trinajstić information content (AvgIpc) is 3.32. The monoisotopic (exact) mass is 447 g/mol. The molecule has 0 saturated heterocycles. The molecule has 2 heterocycles. The number of nitrogens with zero attached hydrogens (tertiary/aromatic N) is 5. The minimum absolute atomic E-state index is 0.525. The van der Waals surface area contributed by atoms with Crippen LogP contribution in [0.2, 0.25) is 0 Å². The zero-order valence-corrected chi connectivity index (χ0v) is 19.9. The van der Waals surface area contributed by atoms with E-state index in [2.05, 4.69) is 35.0 Å². The van der Waals surface area contributed by atoms with Gasteiger partial charge >= 0.3 is 0 Å². The van der Waals surface area contributed by atoms with Crippen LogP contribution in [0.5, 0.6) is 17.2 Å². The van der Waals surface area contributed by atoms with Crippen molar-refractivity contribution >= 4 is 16.7 Å². The largest absolute Gasteiger partial charge is 0.497 e. The molecule has 0 aliphatic heterocycles. The minimum Gasteiger partial charge on any atom is -0.497 e. The van der Waals surface area contributed by atoms with Crippen LogP contribution >= 0.6 is 0 Å². The second-order valence-electron chi connectivity index (χ2n) is 7.58. The SMILES string of the molecule is CCN(CC)c1nnc(-[n+]2c(C)cc3cc(OC)c(OC)cc3c2-c2ccc(OC)cc2)[n-]1. The van der Waals surface area contributed by atoms with E-state index in [1.165, 1.54) is 0 Å². The van der Waals surface area contributed by atoms with Crippen molar-refractivity contribution < 1.29 is 18.8 Å². The second kappa shape index (κ2) is 9.36. The van der Waals surface area contributed by atoms with Crippen LogP contribution in [-0.2, 0) is 0 Å². The number of benzene rings is 2. The van der Waals surface area contributed by atoms with Crippen molar-refractivity contribution in [2.45, 2.75) is 20.8 Å². The van der Waals surface area contributed by atoms with E-state index in [9.17, 15) is 0 Å². The topological polar surface area (TPSA) is 74.7 Å². The Morgan fingerprint density at radius 1 is 0.879 bits per heavy atom. The summed E-state index contributed by atoms with van der Waals surface area (Å²) in [5.74, 6) is 3.27. The lowest BCUT2D eigenvalue weighted by Crippen LogP contribution is -2.39. The maximum atomic E-state index is 5.61. The molecule has 172 valence electrons. The van der Waals surface area contributed by atoms with Gasteiger partial charge in [-0.05, 0) is 74.2 Å². The lowest BCUT2D eigenvalue weighted by Gasteiger charge is -2.20. The molecule has 0 bridgehead atoms. The number of hydrogen-bond acceptors (Lipinski definition) is 6. The Balaban J connectivity index is 2.03. The highest BCUT2D eigenvalue weighted by Gasteiger charge is 2.20. The van der Waals surface area contributed by atoms with Crippen molar-refractivity contribution in [3.05, 3.63) is 48.2 Å². The summed E-state index contributed by atoms with van der Waals surface area (Å²) in [6, 6.07) is 14.0. The highest BCUT2D eigenvalue weighted by atomic mass is 16.5. The first kappa shape index (κ1) is 22.4. The molecule has 8 heteroatoms. The van der Waals surface area contributed by atoms with E-state index in [1.54, 1.807) is 21.3 Å². The smallest absolute Gasteiger partial charge is 0.257 e. The average molecular weight is 448 g/mol. The van der Waals surface area contributed by atoms with Crippen LogP contribution in [0.15, 0.2) is 42.5 Å². The molecule has 2 aromatic heterocycles. The number of methoxy groups -OCH3 is 3. The summed E-state index contributed by atoms with van der Waals surface area (Å²) in [5.41, 5.74) is 2.90. The van der Waals surface area contributed by atoms with E-state index in [0.717, 1.165) is 46.6 Å². The molecule has 0 aliphatic carbocycles. The lowest BCUT2D eigenvalue weighted by atomic mass is 10.0. The quantitative estimate of drug-likeness (QED) is 0.381. The van der Waals surface area contributed by atoms with Crippen molar-refractivity contribution in [2.24, 2.45) is 0 Å². The van der Waals surface area contributed by atoms with Gasteiger partial charge in [0.05, 0.1) is 27.0 Å². The molecular weight excluding hydrogens is 418 g/mol. The number of rotatable bonds is 8. The number of aryl methyl sites for hydroxylation is 1. The predicted octanol–water partition coefficient (Wildman–Crippen LogP) is 3.71. The number of aromatic nitrogens is 4. The van der Waals surface area contributed by atoms with Crippen LogP contribution in [0.4, 0.5) is 5.95 Å². The third-order valence-electron chi connectivity index (χ3n) is 5.79. The molecule has 0 unspecified atom stereocenters. The molecule has 4 aromatic rings. The van der Waals surface area contributed by atoms with Crippen molar-refractivity contribution in [3.63, 3.8) is 0 Å². The molecule has 2 aromatic carbocycles. The molecule has 0 N–H and O–H groups in total. The van der Waals surface area contributed by atoms with Crippen LogP contribution in [-0.4, -0.2) is 44.6 Å². The molecule has 0 aliphatic rings. The Morgan fingerprint density at radius 2 is 1.55 bits per heavy atom. The van der Waals surface area contributed by atoms with Crippen LogP contribution in [0.3, 0.4) is 0 Å². The summed E-state index contributed by atoms with van der Waals surface area (Å²) in [6.07, 6.45) is 0. The van der Waals surface area contributed by atoms with Crippen LogP contribution in [0.25, 0.3) is 28.0 Å². The summed E-state index contributed by atoms with van der Waals surface area (Å²) < 4.78 is 18.6. The van der Waals surface area contributed by atoms with Gasteiger partial charge in [0, 0.05) is 24.2 Å². The van der Waals surface area contributed by atoms with E-state index in [4.69, 9.17) is 19.2 Å². The molecule has 8 nitrogen and oxygen atoms in total. The predicted molar refractivity (Wildman–Crippen MR) is 128 cm³/mol. The van der Waals surface area contributed by atoms with E-state index in [-0.39, 0.29) is 0 Å². The number of fused-ring (bicyclic) bond motifs is 1. The van der Waals surface area contributed by atoms with E-state index in [1.807, 2.05) is 47.9 Å². The molecule has 33 heavy (non-hydrogen) atoms. The summed E-state index contributed by atoms with van der Waals surface area (Å²) >= 11 is 0. The number of ether oxygens (including phenoxy) is 3. The number of pyridine rings is 1. The molecule has 0 radical (unpaired) electrons. The summed E-state index contributed by atoms with van der Waals surface area (Å²) in [7, 11) is 4.94. The van der Waals surface area contributed by atoms with Crippen molar-refractivity contribution in [1.82, 2.24) is 15.2 Å². The third kappa shape index (κ3) is 4.04. The first-order valence-corrected chi connectivity index (χ1v) is 10.9. The van der Waals surface area contributed by atoms with Gasteiger partial charge in [-0.2, -0.15) is 4.98 Å². The van der Waals surface area contributed by atoms with Crippen molar-refractivity contribution in [3.8, 4) is 34.5 Å². The third-order valence-corrected chi connectivity index (χ3v) is 5.79. The van der Waals surface area contributed by atoms with Gasteiger partial charge in [0.15, 0.2) is 11.5 Å². The van der Waals surface area contributed by atoms with Crippen molar-refractivity contribution in [2.75, 3.05) is 39.3 Å². The zero-order chi connectivity index (χ0) is 23.5. The van der Waals surface area contributed by atoms with Gasteiger partial charge in [-0.25, -0.2) is 0 Å². The summed E-state index contributed by atoms with van der Waals surface area (Å²) in [6.45, 7) is 7.82. The summed E-state index contributed by atoms with van der Waals surface area (Å²) in [5, 5.41) is 10.8. The Hall–Kier alpha value is -3.81. The van der Waals surface area contributed by atoms with Gasteiger partial charge in [0.25, 0.3) is 5.95 Å². The number of anilines is 1. The number of hydrogen-bond donors (Lipinski definition) is 0. The maximum absolute atomic E-state index is 5.61. The van der Waals surface area contributed by atoms with E-state index < -0.39 is 0 Å². The molecule has 4 rings (SSSR count). The van der Waals surface area contributed by atoms with Gasteiger partial charge in [-0.3, -0.25) is 4.57 Å². The highest BCUT2D eigenvalue weighted by Crippen LogP contribution is 2.36. The Bertz CT molecular complexity index is 1260. The molecule has 0 spiro atoms. The van der Waals surface area contributed by atoms with Gasteiger partial charge in [0.2, 0.25) is 5.95 Å². The molecule has 0 amide bonds. The first-order valence-electron chi connectivity index (χ1n) is 10.9. The van der Waals surface area contributed by atoms with E-state index >= 15 is 0 Å². The minimum atomic E-state index is 0.525. The van der Waals surface area contributed by atoms with Crippen LogP contribution in [0, 0.1) is 6.92 Å². The van der Waals surface area contributed by atoms with Crippen molar-refractivity contribution in [1.29, 1.82) is 0 Å². The fraction of sp³-hybridized carbons (Fsp3) is 0.320. The van der Waals surface area contributed by atoms with Gasteiger partial charge in [-0.1, -0.05) is 0 Å². The second-order valence-corrected chi connectivity index (χ2v) is 7.58. The Morgan fingerprint density at radius 3 is 2.15 bits per heavy atom. The first-order chi connectivity index (χ1) is 16.0. The Labute approximate surface area is 193 Å². The molecular formula is C25H29N5O3. The standard InChI is InChI=1S/C25H29N5O3/c1-7-29(8-2)24-26-25(28-27-24)30-16(3)13-18-14-21(32-5)22(33-6)15-20(18)23(30)17-9-11-19(31-4)12-10-17/h9-15H,7-8H2,1-6H3. The van der Waals surface area contributed by atoms with Gasteiger partial charge < -0.3 is 19.1 Å². The van der Waals surface area contributed by atoms with Gasteiger partial charge in [-0.15, -0.1) is 10.2 Å². The summed E-state index contributed by atoms with van der Waals surface area (Å²) in [4.78, 5) is 6.85. The van der Waals surface area contributed by atoms with Gasteiger partial charge in [0.1, 0.15) is 5.75 Å². The normalized spacial score (nSPS) is 11.0. The lowest BCUT2D eigenvalue weighted by molar-refractivity contribution is -0.597. The fourth-order valence-electron chi connectivity index (χ4n) is 4.06. The molecule has 0 saturated carbocycles. The highest BCUT2D eigenvalue weighted by molar-refractivity contribution is 5.95. The van der Waals surface area contributed by atoms with E-state index in [0.29, 0.717) is 23.4 Å². The van der Waals surface area contributed by atoms with Crippen LogP contribution in [0.1, 0.15) is 19.5 Å².